The van der Waals surface area contributed by atoms with Gasteiger partial charge in [0.25, 0.3) is 0 Å². The Morgan fingerprint density at radius 2 is 1.64 bits per heavy atom. The molecular formula is C35H48N4O3. The maximum atomic E-state index is 12.8. The van der Waals surface area contributed by atoms with Crippen LogP contribution < -0.4 is 5.73 Å². The van der Waals surface area contributed by atoms with Gasteiger partial charge in [-0.05, 0) is 88.2 Å². The molecule has 2 aromatic rings. The summed E-state index contributed by atoms with van der Waals surface area (Å²) in [5.74, 6) is 2.75. The molecule has 226 valence electrons. The first-order chi connectivity index (χ1) is 20.1. The molecule has 2 N–H and O–H groups in total. The molecule has 2 heterocycles. The molecule has 7 nitrogen and oxygen atoms in total. The number of carbonyl (C=O) groups excluding carboxylic acids is 2. The minimum atomic E-state index is -0.652. The minimum Gasteiger partial charge on any atom is -0.460 e. The maximum Gasteiger partial charge on any atom is 0.313 e. The number of nitrogens with zero attached hydrogens (tertiary/aromatic N) is 3. The number of benzene rings is 1. The highest BCUT2D eigenvalue weighted by Crippen LogP contribution is 2.41. The highest BCUT2D eigenvalue weighted by Gasteiger charge is 2.39. The van der Waals surface area contributed by atoms with Crippen LogP contribution in [0.15, 0.2) is 42.7 Å². The largest absolute Gasteiger partial charge is 0.460 e. The van der Waals surface area contributed by atoms with Crippen molar-refractivity contribution in [1.29, 1.82) is 0 Å². The topological polar surface area (TPSA) is 98.4 Å². The number of likely N-dealkylation sites (tertiary alicyclic amines) is 1. The summed E-state index contributed by atoms with van der Waals surface area (Å²) in [5, 5.41) is 0. The van der Waals surface area contributed by atoms with E-state index in [1.807, 2.05) is 57.4 Å². The Kier molecular flexibility index (Phi) is 9.46. The number of rotatable bonds is 8. The highest BCUT2D eigenvalue weighted by molar-refractivity contribution is 5.85. The Labute approximate surface area is 251 Å². The Morgan fingerprint density at radius 3 is 2.21 bits per heavy atom. The van der Waals surface area contributed by atoms with Crippen molar-refractivity contribution in [2.45, 2.75) is 97.1 Å². The molecule has 1 saturated carbocycles. The average molecular weight is 573 g/mol. The number of aromatic nitrogens is 2. The molecule has 3 aliphatic rings. The molecular weight excluding hydrogens is 524 g/mol. The van der Waals surface area contributed by atoms with E-state index in [1.54, 1.807) is 4.90 Å². The molecule has 0 spiro atoms. The third-order valence-corrected chi connectivity index (χ3v) is 9.53. The van der Waals surface area contributed by atoms with Crippen molar-refractivity contribution in [3.05, 3.63) is 53.9 Å². The van der Waals surface area contributed by atoms with Gasteiger partial charge in [-0.2, -0.15) is 0 Å². The SMILES string of the molecule is CC[C@H]1CC[C@H](C2CC=C(c3cnc(-c4ccc(C[C@H](N)C(=O)N5CC(C(=O)OC(C)(C)C)C5)cc4)nc3)CC2)CC1. The van der Waals surface area contributed by atoms with Crippen LogP contribution >= 0.6 is 0 Å². The summed E-state index contributed by atoms with van der Waals surface area (Å²) in [4.78, 5) is 36.0. The predicted octanol–water partition coefficient (Wildman–Crippen LogP) is 6.21. The smallest absolute Gasteiger partial charge is 0.313 e. The van der Waals surface area contributed by atoms with E-state index in [9.17, 15) is 9.59 Å². The lowest BCUT2D eigenvalue weighted by atomic mass is 9.71. The molecule has 0 bridgehead atoms. The zero-order valence-corrected chi connectivity index (χ0v) is 25.9. The number of hydrogen-bond donors (Lipinski definition) is 1. The number of amides is 1. The molecule has 7 heteroatoms. The number of hydrogen-bond acceptors (Lipinski definition) is 6. The molecule has 42 heavy (non-hydrogen) atoms. The molecule has 2 aliphatic carbocycles. The van der Waals surface area contributed by atoms with E-state index >= 15 is 0 Å². The van der Waals surface area contributed by atoms with Gasteiger partial charge in [0, 0.05) is 36.6 Å². The summed E-state index contributed by atoms with van der Waals surface area (Å²) in [5.41, 5.74) is 10.1. The molecule has 1 saturated heterocycles. The summed E-state index contributed by atoms with van der Waals surface area (Å²) in [6, 6.07) is 7.29. The van der Waals surface area contributed by atoms with E-state index in [2.05, 4.69) is 23.0 Å². The standard InChI is InChI=1S/C35H48N4O3/c1-5-23-6-10-25(11-7-23)26-14-16-27(17-15-26)29-19-37-32(38-20-29)28-12-8-24(9-13-28)18-31(36)33(40)39-21-30(22-39)34(41)42-35(2,3)4/h8-9,12-13,16,19-20,23,25-26,30-31H,5-7,10-11,14-15,17-18,21-22,36H2,1-4H3/t23-,25-,26?,31-/m0/s1. The fourth-order valence-corrected chi connectivity index (χ4v) is 6.81. The summed E-state index contributed by atoms with van der Waals surface area (Å²) >= 11 is 0. The first-order valence-corrected chi connectivity index (χ1v) is 16.0. The Bertz CT molecular complexity index is 1250. The van der Waals surface area contributed by atoms with Crippen LogP contribution in [-0.4, -0.2) is 51.5 Å². The first kappa shape index (κ1) is 30.4. The van der Waals surface area contributed by atoms with E-state index in [0.29, 0.717) is 25.3 Å². The fraction of sp³-hybridized carbons (Fsp3) is 0.600. The van der Waals surface area contributed by atoms with Crippen LogP contribution in [0.4, 0.5) is 0 Å². The number of carbonyl (C=O) groups is 2. The monoisotopic (exact) mass is 572 g/mol. The molecule has 1 aromatic heterocycles. The van der Waals surface area contributed by atoms with Crippen LogP contribution in [0.3, 0.4) is 0 Å². The predicted molar refractivity (Wildman–Crippen MR) is 166 cm³/mol. The van der Waals surface area contributed by atoms with Gasteiger partial charge in [0.1, 0.15) is 5.60 Å². The summed E-state index contributed by atoms with van der Waals surface area (Å²) < 4.78 is 5.42. The van der Waals surface area contributed by atoms with Crippen molar-refractivity contribution in [3.8, 4) is 11.4 Å². The lowest BCUT2D eigenvalue weighted by Gasteiger charge is -2.40. The Balaban J connectivity index is 1.09. The van der Waals surface area contributed by atoms with Gasteiger partial charge in [-0.3, -0.25) is 9.59 Å². The highest BCUT2D eigenvalue weighted by atomic mass is 16.6. The minimum absolute atomic E-state index is 0.134. The van der Waals surface area contributed by atoms with Crippen molar-refractivity contribution in [2.24, 2.45) is 29.4 Å². The molecule has 2 fully saturated rings. The van der Waals surface area contributed by atoms with Gasteiger partial charge in [-0.15, -0.1) is 0 Å². The van der Waals surface area contributed by atoms with Gasteiger partial charge in [0.15, 0.2) is 5.82 Å². The number of ether oxygens (including phenoxy) is 1. The van der Waals surface area contributed by atoms with Gasteiger partial charge in [-0.1, -0.05) is 56.5 Å². The second-order valence-corrected chi connectivity index (χ2v) is 13.7. The van der Waals surface area contributed by atoms with E-state index < -0.39 is 11.6 Å². The zero-order valence-electron chi connectivity index (χ0n) is 25.9. The molecule has 0 radical (unpaired) electrons. The molecule has 5 rings (SSSR count). The van der Waals surface area contributed by atoms with Crippen molar-refractivity contribution in [1.82, 2.24) is 14.9 Å². The molecule has 1 amide bonds. The van der Waals surface area contributed by atoms with E-state index in [1.165, 1.54) is 50.5 Å². The van der Waals surface area contributed by atoms with E-state index in [4.69, 9.17) is 10.5 Å². The quantitative estimate of drug-likeness (QED) is 0.378. The van der Waals surface area contributed by atoms with Crippen molar-refractivity contribution >= 4 is 17.4 Å². The average Bonchev–Trinajstić information content (AvgIpc) is 2.96. The third kappa shape index (κ3) is 7.47. The number of allylic oxidation sites excluding steroid dienone is 2. The van der Waals surface area contributed by atoms with Crippen LogP contribution in [0.2, 0.25) is 0 Å². The van der Waals surface area contributed by atoms with Crippen LogP contribution in [0.1, 0.15) is 90.2 Å². The van der Waals surface area contributed by atoms with E-state index in [-0.39, 0.29) is 17.8 Å². The Morgan fingerprint density at radius 1 is 0.976 bits per heavy atom. The second kappa shape index (κ2) is 13.1. The lowest BCUT2D eigenvalue weighted by molar-refractivity contribution is -0.168. The fourth-order valence-electron chi connectivity index (χ4n) is 6.81. The summed E-state index contributed by atoms with van der Waals surface area (Å²) in [7, 11) is 0. The summed E-state index contributed by atoms with van der Waals surface area (Å²) in [6.45, 7) is 8.60. The van der Waals surface area contributed by atoms with Crippen molar-refractivity contribution in [2.75, 3.05) is 13.1 Å². The van der Waals surface area contributed by atoms with Crippen LogP contribution in [0.25, 0.3) is 17.0 Å². The normalized spacial score (nSPS) is 24.0. The number of esters is 1. The first-order valence-electron chi connectivity index (χ1n) is 16.0. The van der Waals surface area contributed by atoms with Crippen molar-refractivity contribution < 1.29 is 14.3 Å². The lowest BCUT2D eigenvalue weighted by Crippen LogP contribution is -2.58. The van der Waals surface area contributed by atoms with Crippen LogP contribution in [-0.2, 0) is 20.7 Å². The van der Waals surface area contributed by atoms with Gasteiger partial charge in [0.05, 0.1) is 12.0 Å². The third-order valence-electron chi connectivity index (χ3n) is 9.53. The maximum absolute atomic E-state index is 12.8. The Hall–Kier alpha value is -3.06. The van der Waals surface area contributed by atoms with E-state index in [0.717, 1.165) is 40.9 Å². The van der Waals surface area contributed by atoms with Gasteiger partial charge in [0.2, 0.25) is 5.91 Å². The second-order valence-electron chi connectivity index (χ2n) is 13.7. The van der Waals surface area contributed by atoms with Crippen molar-refractivity contribution in [3.63, 3.8) is 0 Å². The van der Waals surface area contributed by atoms with Crippen LogP contribution in [0.5, 0.6) is 0 Å². The zero-order chi connectivity index (χ0) is 29.9. The number of nitrogens with two attached hydrogens (primary N) is 1. The molecule has 1 aliphatic heterocycles. The van der Waals surface area contributed by atoms with Gasteiger partial charge >= 0.3 is 5.97 Å². The molecule has 1 unspecified atom stereocenters. The summed E-state index contributed by atoms with van der Waals surface area (Å²) in [6.07, 6.45) is 17.4. The van der Waals surface area contributed by atoms with Gasteiger partial charge in [-0.25, -0.2) is 9.97 Å². The van der Waals surface area contributed by atoms with Gasteiger partial charge < -0.3 is 15.4 Å². The molecule has 2 atom stereocenters. The van der Waals surface area contributed by atoms with Crippen LogP contribution in [0, 0.1) is 23.7 Å². The molecule has 1 aromatic carbocycles.